The van der Waals surface area contributed by atoms with E-state index in [2.05, 4.69) is 10.3 Å². The molecular formula is C62H90CoN13O15P-2. The minimum absolute atomic E-state index is 0. The van der Waals surface area contributed by atoms with Gasteiger partial charge in [0.15, 0.2) is 6.23 Å². The van der Waals surface area contributed by atoms with Gasteiger partial charge in [-0.2, -0.15) is 5.70 Å². The first-order chi connectivity index (χ1) is 41.8. The number of carbonyl (C=O) groups excluding carboxylic acids is 7. The number of phosphoric ester groups is 1. The molecular weight excluding hydrogens is 1260 g/mol. The van der Waals surface area contributed by atoms with Gasteiger partial charge in [0.05, 0.1) is 30.1 Å². The molecule has 6 aliphatic heterocycles. The van der Waals surface area contributed by atoms with E-state index in [1.54, 1.807) is 6.92 Å². The number of aryl methyl sites for hydroxylation is 2. The minimum atomic E-state index is -5.32. The third-order valence-electron chi connectivity index (χ3n) is 20.5. The zero-order valence-corrected chi connectivity index (χ0v) is 55.9. The van der Waals surface area contributed by atoms with E-state index in [9.17, 15) is 53.2 Å². The van der Waals surface area contributed by atoms with Gasteiger partial charge in [0, 0.05) is 131 Å². The average molecular weight is 1350 g/mol. The number of aliphatic imine (C=N–C) groups is 3. The van der Waals surface area contributed by atoms with Crippen LogP contribution in [0, 0.1) is 59.2 Å². The second kappa shape index (κ2) is 27.8. The van der Waals surface area contributed by atoms with E-state index < -0.39 is 143 Å². The SMILES string of the molecule is CC1=C2N=C(C=C3N=C(C(C)=C4[N-]C(C)(C5N=C1C(C)(CCC(=O)NCC(C)OP(=O)([O-])OC1C(CO)OC(n6cnc7cc(C)c(C)cc76)C1O)C5CC(N)=O)C(C)(CC(N)=O)C4CCC(N)=O)C(C)(CC(N)=O)C3CCC(N)=O)C(C)(C)C2CCC(N)=O.O.[Co]. The molecule has 17 N–H and O–H groups in total. The number of imidazole rings is 1. The van der Waals surface area contributed by atoms with Crippen LogP contribution in [-0.2, 0) is 68.7 Å². The number of hydrogen-bond donors (Lipinski definition) is 9. The predicted molar refractivity (Wildman–Crippen MR) is 335 cm³/mol. The van der Waals surface area contributed by atoms with Crippen LogP contribution in [0.15, 0.2) is 67.8 Å². The van der Waals surface area contributed by atoms with Gasteiger partial charge in [0.25, 0.3) is 7.82 Å². The number of rotatable bonds is 26. The number of aliphatic hydroxyl groups is 2. The Morgan fingerprint density at radius 1 is 0.793 bits per heavy atom. The Labute approximate surface area is 545 Å². The molecule has 2 saturated heterocycles. The number of nitrogens with one attached hydrogen (secondary N) is 1. The predicted octanol–water partition coefficient (Wildman–Crippen LogP) is 2.49. The van der Waals surface area contributed by atoms with Crippen LogP contribution in [0.5, 0.6) is 0 Å². The quantitative estimate of drug-likeness (QED) is 0.0611. The Morgan fingerprint density at radius 3 is 1.96 bits per heavy atom. The fourth-order valence-corrected chi connectivity index (χ4v) is 16.4. The maximum absolute atomic E-state index is 14.4. The zero-order chi connectivity index (χ0) is 66.7. The van der Waals surface area contributed by atoms with Crippen molar-refractivity contribution in [2.75, 3.05) is 13.2 Å². The minimum Gasteiger partial charge on any atom is -0.756 e. The molecule has 2 fully saturated rings. The number of nitrogens with two attached hydrogens (primary N) is 6. The number of ether oxygens (including phenoxy) is 1. The topological polar surface area (TPSA) is 496 Å². The van der Waals surface area contributed by atoms with Crippen LogP contribution in [0.3, 0.4) is 0 Å². The largest absolute Gasteiger partial charge is 0.756 e. The van der Waals surface area contributed by atoms with Crippen molar-refractivity contribution < 1.29 is 89.3 Å². The van der Waals surface area contributed by atoms with Crippen molar-refractivity contribution in [2.45, 2.75) is 189 Å². The van der Waals surface area contributed by atoms with Gasteiger partial charge in [-0.05, 0) is 118 Å². The summed E-state index contributed by atoms with van der Waals surface area (Å²) in [6, 6.07) is 2.65. The number of allylic oxidation sites excluding steroid dienone is 6. The van der Waals surface area contributed by atoms with Gasteiger partial charge in [-0.15, -0.1) is 0 Å². The molecule has 2 aromatic rings. The normalized spacial score (nSPS) is 31.3. The van der Waals surface area contributed by atoms with E-state index >= 15 is 0 Å². The van der Waals surface area contributed by atoms with E-state index in [1.165, 1.54) is 17.8 Å². The fraction of sp³-hybridized carbons (Fsp3) is 0.629. The standard InChI is InChI=1S/C62H90N13O14P.Co.H2O/c1-29-20-39-40(21-30(29)2)75(28-70-39)57-52(84)53(41(27-76)87-57)89-90(85,86)88-31(3)26-69-49(83)18-19-59(8)37(22-46(66)80)56-62(11)61(10,25-48(68)82)36(14-17-45(65)79)51(74-62)33(5)55-60(9,24-47(67)81)34(12-15-43(63)77)38(71-55)23-42-58(6,7)35(13-16-44(64)78)50(72-42)32(4)54(59)73-56;;/h20-21,23,28,31,34-37,41,52-53,56-57,76,84H,12-19,22,24-27H2,1-11H3,(H15,63,64,65,66,67,68,69,71,72,73,74,77,78,79,80,81,82,83,85,86);;1H2/p-2. The Kier molecular flexibility index (Phi) is 22.5. The molecule has 28 nitrogen and oxygen atoms in total. The van der Waals surface area contributed by atoms with E-state index in [4.69, 9.17) is 68.5 Å². The molecule has 0 spiro atoms. The molecule has 509 valence electrons. The maximum atomic E-state index is 14.4. The van der Waals surface area contributed by atoms with Crippen LogP contribution in [0.1, 0.15) is 150 Å². The Balaban J connectivity index is 0.00000672. The maximum Gasteiger partial charge on any atom is 0.268 e. The van der Waals surface area contributed by atoms with E-state index in [1.807, 2.05) is 80.5 Å². The number of amides is 7. The van der Waals surface area contributed by atoms with Crippen molar-refractivity contribution in [2.24, 2.45) is 94.7 Å². The Morgan fingerprint density at radius 2 is 1.38 bits per heavy atom. The summed E-state index contributed by atoms with van der Waals surface area (Å²) in [6.45, 7) is 19.0. The van der Waals surface area contributed by atoms with E-state index in [0.29, 0.717) is 56.4 Å². The number of phosphoric acid groups is 1. The number of benzene rings is 1. The smallest absolute Gasteiger partial charge is 0.268 e. The third-order valence-corrected chi connectivity index (χ3v) is 21.6. The summed E-state index contributed by atoms with van der Waals surface area (Å²) in [4.78, 5) is 128. The number of aliphatic hydroxyl groups excluding tert-OH is 2. The molecule has 8 rings (SSSR count). The molecule has 8 bridgehead atoms. The molecule has 6 aliphatic rings. The monoisotopic (exact) mass is 1350 g/mol. The molecule has 1 aromatic carbocycles. The van der Waals surface area contributed by atoms with E-state index in [-0.39, 0.29) is 99.4 Å². The van der Waals surface area contributed by atoms with Gasteiger partial charge in [0.2, 0.25) is 41.4 Å². The van der Waals surface area contributed by atoms with Crippen LogP contribution in [0.4, 0.5) is 0 Å². The molecule has 15 unspecified atom stereocenters. The third kappa shape index (κ3) is 14.1. The van der Waals surface area contributed by atoms with Gasteiger partial charge in [0.1, 0.15) is 18.3 Å². The summed E-state index contributed by atoms with van der Waals surface area (Å²) < 4.78 is 31.9. The van der Waals surface area contributed by atoms with Crippen LogP contribution in [0.2, 0.25) is 0 Å². The molecule has 15 atom stereocenters. The fourth-order valence-electron chi connectivity index (χ4n) is 15.3. The van der Waals surface area contributed by atoms with Crippen molar-refractivity contribution >= 4 is 77.3 Å². The van der Waals surface area contributed by atoms with Crippen molar-refractivity contribution in [1.82, 2.24) is 14.9 Å². The number of carbonyl (C=O) groups is 7. The average Bonchev–Trinajstić information content (AvgIpc) is 1.53. The molecule has 7 amide bonds. The molecule has 30 heteroatoms. The molecule has 92 heavy (non-hydrogen) atoms. The van der Waals surface area contributed by atoms with Gasteiger partial charge < -0.3 is 84.0 Å². The Hall–Kier alpha value is -6.53. The zero-order valence-electron chi connectivity index (χ0n) is 54.0. The molecule has 7 heterocycles. The number of fused-ring (bicyclic) bond motifs is 7. The van der Waals surface area contributed by atoms with Crippen molar-refractivity contribution in [1.29, 1.82) is 0 Å². The molecule has 1 aromatic heterocycles. The Bertz CT molecular complexity index is 3550. The van der Waals surface area contributed by atoms with Crippen molar-refractivity contribution in [3.8, 4) is 0 Å². The van der Waals surface area contributed by atoms with E-state index in [0.717, 1.165) is 11.1 Å². The summed E-state index contributed by atoms with van der Waals surface area (Å²) in [5.41, 5.74) is 36.7. The molecule has 0 aliphatic carbocycles. The molecule has 1 radical (unpaired) electrons. The molecule has 0 saturated carbocycles. The van der Waals surface area contributed by atoms with Gasteiger partial charge in [-0.1, -0.05) is 47.1 Å². The summed E-state index contributed by atoms with van der Waals surface area (Å²) in [5.74, 6) is -7.40. The van der Waals surface area contributed by atoms with Crippen molar-refractivity contribution in [3.63, 3.8) is 0 Å². The second-order valence-corrected chi connectivity index (χ2v) is 28.3. The van der Waals surface area contributed by atoms with Gasteiger partial charge in [-0.3, -0.25) is 53.1 Å². The summed E-state index contributed by atoms with van der Waals surface area (Å²) in [5, 5.41) is 30.1. The first-order valence-electron chi connectivity index (χ1n) is 30.5. The van der Waals surface area contributed by atoms with Gasteiger partial charge >= 0.3 is 0 Å². The van der Waals surface area contributed by atoms with Crippen LogP contribution >= 0.6 is 7.82 Å². The summed E-state index contributed by atoms with van der Waals surface area (Å²) >= 11 is 0. The second-order valence-electron chi connectivity index (χ2n) is 27.0. The summed E-state index contributed by atoms with van der Waals surface area (Å²) in [7, 11) is -5.32. The van der Waals surface area contributed by atoms with Crippen LogP contribution in [-0.4, -0.2) is 133 Å². The first-order valence-corrected chi connectivity index (χ1v) is 32.0. The first kappa shape index (κ1) is 74.5. The van der Waals surface area contributed by atoms with Crippen molar-refractivity contribution in [3.05, 3.63) is 69.2 Å². The van der Waals surface area contributed by atoms with Crippen LogP contribution in [0.25, 0.3) is 16.4 Å². The van der Waals surface area contributed by atoms with Crippen LogP contribution < -0.4 is 44.6 Å². The number of hydrogen-bond acceptors (Lipinski definition) is 18. The number of primary amides is 6. The summed E-state index contributed by atoms with van der Waals surface area (Å²) in [6.07, 6.45) is -4.79. The van der Waals surface area contributed by atoms with Gasteiger partial charge in [-0.25, -0.2) is 4.98 Å². The number of nitrogens with zero attached hydrogens (tertiary/aromatic N) is 6. The number of aromatic nitrogens is 2.